The summed E-state index contributed by atoms with van der Waals surface area (Å²) in [5, 5.41) is 0. The standard InChI is InChI=1S/C31H41NO6/c1-7-8-10-13-21(2)37-25-19-27-26(28(20-25)38-22(3)33)18-24(16-17-29(34)36-6)31(4,5)32(27)30(35)23-14-11-9-12-15-23/h9,11-12,14-15,19-21,24H,7-8,10,13,16-18H2,1-6H3. The highest BCUT2D eigenvalue weighted by molar-refractivity contribution is 6.08. The second kappa shape index (κ2) is 12.9. The van der Waals surface area contributed by atoms with Crippen molar-refractivity contribution in [3.8, 4) is 11.5 Å². The summed E-state index contributed by atoms with van der Waals surface area (Å²) in [5.74, 6) is -0.0584. The molecule has 2 aromatic rings. The van der Waals surface area contributed by atoms with E-state index in [2.05, 4.69) is 6.92 Å². The maximum atomic E-state index is 14.0. The number of anilines is 1. The first-order chi connectivity index (χ1) is 18.1. The Labute approximate surface area is 226 Å². The Morgan fingerprint density at radius 2 is 1.82 bits per heavy atom. The van der Waals surface area contributed by atoms with E-state index in [-0.39, 0.29) is 30.3 Å². The molecule has 1 aliphatic rings. The molecule has 0 N–H and O–H groups in total. The van der Waals surface area contributed by atoms with Crippen LogP contribution in [0.3, 0.4) is 0 Å². The lowest BCUT2D eigenvalue weighted by molar-refractivity contribution is -0.141. The first-order valence-corrected chi connectivity index (χ1v) is 13.6. The van der Waals surface area contributed by atoms with Crippen LogP contribution in [0.4, 0.5) is 5.69 Å². The molecule has 0 fully saturated rings. The van der Waals surface area contributed by atoms with E-state index in [0.717, 1.165) is 31.2 Å². The number of carbonyl (C=O) groups excluding carboxylic acids is 3. The molecule has 0 saturated carbocycles. The first-order valence-electron chi connectivity index (χ1n) is 13.6. The lowest BCUT2D eigenvalue weighted by atomic mass is 9.74. The van der Waals surface area contributed by atoms with Gasteiger partial charge in [0.1, 0.15) is 11.5 Å². The van der Waals surface area contributed by atoms with Gasteiger partial charge in [0.25, 0.3) is 5.91 Å². The quantitative estimate of drug-likeness (QED) is 0.190. The number of hydrogen-bond donors (Lipinski definition) is 0. The monoisotopic (exact) mass is 523 g/mol. The molecular formula is C31H41NO6. The third-order valence-electron chi connectivity index (χ3n) is 7.38. The van der Waals surface area contributed by atoms with Crippen LogP contribution < -0.4 is 14.4 Å². The molecule has 0 spiro atoms. The number of ether oxygens (including phenoxy) is 3. The van der Waals surface area contributed by atoms with E-state index in [1.165, 1.54) is 14.0 Å². The van der Waals surface area contributed by atoms with Crippen molar-refractivity contribution in [2.45, 2.75) is 91.2 Å². The summed E-state index contributed by atoms with van der Waals surface area (Å²) in [6.45, 7) is 9.59. The average molecular weight is 524 g/mol. The van der Waals surface area contributed by atoms with Crippen LogP contribution in [0.25, 0.3) is 0 Å². The van der Waals surface area contributed by atoms with Crippen molar-refractivity contribution in [1.29, 1.82) is 0 Å². The molecule has 38 heavy (non-hydrogen) atoms. The van der Waals surface area contributed by atoms with Crippen LogP contribution in [0.15, 0.2) is 42.5 Å². The second-order valence-corrected chi connectivity index (χ2v) is 10.6. The minimum absolute atomic E-state index is 0.0348. The highest BCUT2D eigenvalue weighted by atomic mass is 16.5. The van der Waals surface area contributed by atoms with E-state index >= 15 is 0 Å². The van der Waals surface area contributed by atoms with Gasteiger partial charge in [-0.3, -0.25) is 14.4 Å². The molecule has 0 bridgehead atoms. The van der Waals surface area contributed by atoms with Crippen LogP contribution in [0, 0.1) is 5.92 Å². The summed E-state index contributed by atoms with van der Waals surface area (Å²) in [4.78, 5) is 39.9. The van der Waals surface area contributed by atoms with Gasteiger partial charge < -0.3 is 19.1 Å². The number of nitrogens with zero attached hydrogens (tertiary/aromatic N) is 1. The van der Waals surface area contributed by atoms with Gasteiger partial charge in [0.2, 0.25) is 0 Å². The van der Waals surface area contributed by atoms with Crippen molar-refractivity contribution in [2.24, 2.45) is 5.92 Å². The number of fused-ring (bicyclic) bond motifs is 1. The Bertz CT molecular complexity index is 1130. The topological polar surface area (TPSA) is 82.1 Å². The van der Waals surface area contributed by atoms with Gasteiger partial charge in [-0.05, 0) is 64.5 Å². The van der Waals surface area contributed by atoms with E-state index in [9.17, 15) is 14.4 Å². The number of benzene rings is 2. The van der Waals surface area contributed by atoms with Crippen molar-refractivity contribution < 1.29 is 28.6 Å². The third-order valence-corrected chi connectivity index (χ3v) is 7.38. The molecule has 0 saturated heterocycles. The summed E-state index contributed by atoms with van der Waals surface area (Å²) in [6.07, 6.45) is 5.48. The molecule has 1 aliphatic heterocycles. The zero-order valence-corrected chi connectivity index (χ0v) is 23.5. The maximum Gasteiger partial charge on any atom is 0.308 e. The summed E-state index contributed by atoms with van der Waals surface area (Å²) in [5.41, 5.74) is 1.32. The van der Waals surface area contributed by atoms with Crippen LogP contribution in [0.2, 0.25) is 0 Å². The lowest BCUT2D eigenvalue weighted by Gasteiger charge is -2.49. The second-order valence-electron chi connectivity index (χ2n) is 10.6. The Morgan fingerprint density at radius 1 is 1.11 bits per heavy atom. The van der Waals surface area contributed by atoms with Gasteiger partial charge in [0, 0.05) is 42.1 Å². The SMILES string of the molecule is CCCCCC(C)Oc1cc(OC(C)=O)c2c(c1)N(C(=O)c1ccccc1)C(C)(C)C(CCC(=O)OC)C2. The van der Waals surface area contributed by atoms with E-state index in [1.807, 2.05) is 45.0 Å². The normalized spacial score (nSPS) is 16.8. The summed E-state index contributed by atoms with van der Waals surface area (Å²) >= 11 is 0. The Morgan fingerprint density at radius 3 is 2.45 bits per heavy atom. The fourth-order valence-electron chi connectivity index (χ4n) is 5.22. The van der Waals surface area contributed by atoms with E-state index in [4.69, 9.17) is 14.2 Å². The molecule has 3 rings (SSSR count). The number of unbranched alkanes of at least 4 members (excludes halogenated alkanes) is 2. The molecule has 2 unspecified atom stereocenters. The molecule has 206 valence electrons. The van der Waals surface area contributed by atoms with Gasteiger partial charge in [-0.15, -0.1) is 0 Å². The number of rotatable bonds is 11. The van der Waals surface area contributed by atoms with Gasteiger partial charge in [0.15, 0.2) is 0 Å². The minimum Gasteiger partial charge on any atom is -0.491 e. The molecule has 0 aliphatic carbocycles. The fourth-order valence-corrected chi connectivity index (χ4v) is 5.22. The van der Waals surface area contributed by atoms with Gasteiger partial charge in [-0.2, -0.15) is 0 Å². The first kappa shape index (κ1) is 29.2. The highest BCUT2D eigenvalue weighted by Gasteiger charge is 2.45. The lowest BCUT2D eigenvalue weighted by Crippen LogP contribution is -2.56. The molecule has 0 radical (unpaired) electrons. The van der Waals surface area contributed by atoms with E-state index < -0.39 is 11.5 Å². The van der Waals surface area contributed by atoms with Crippen molar-refractivity contribution in [2.75, 3.05) is 12.0 Å². The summed E-state index contributed by atoms with van der Waals surface area (Å²) in [7, 11) is 1.37. The largest absolute Gasteiger partial charge is 0.491 e. The Balaban J connectivity index is 2.12. The zero-order chi connectivity index (χ0) is 27.9. The van der Waals surface area contributed by atoms with Gasteiger partial charge in [-0.25, -0.2) is 0 Å². The smallest absolute Gasteiger partial charge is 0.308 e. The third kappa shape index (κ3) is 6.94. The molecule has 0 aromatic heterocycles. The van der Waals surface area contributed by atoms with E-state index in [1.54, 1.807) is 23.1 Å². The molecule has 7 heteroatoms. The predicted octanol–water partition coefficient (Wildman–Crippen LogP) is 6.51. The average Bonchev–Trinajstić information content (AvgIpc) is 2.87. The molecular weight excluding hydrogens is 482 g/mol. The molecule has 2 atom stereocenters. The van der Waals surface area contributed by atoms with Gasteiger partial charge >= 0.3 is 11.9 Å². The molecule has 1 heterocycles. The maximum absolute atomic E-state index is 14.0. The number of carbonyl (C=O) groups is 3. The van der Waals surface area contributed by atoms with Crippen LogP contribution in [0.1, 0.15) is 89.1 Å². The fraction of sp³-hybridized carbons (Fsp3) is 0.516. The molecule has 2 aromatic carbocycles. The van der Waals surface area contributed by atoms with Crippen LogP contribution in [-0.4, -0.2) is 36.6 Å². The Kier molecular flexibility index (Phi) is 9.95. The van der Waals surface area contributed by atoms with Gasteiger partial charge in [0.05, 0.1) is 18.9 Å². The van der Waals surface area contributed by atoms with Crippen LogP contribution in [-0.2, 0) is 20.7 Å². The molecule has 7 nitrogen and oxygen atoms in total. The minimum atomic E-state index is -0.646. The number of hydrogen-bond acceptors (Lipinski definition) is 6. The van der Waals surface area contributed by atoms with Crippen molar-refractivity contribution in [3.63, 3.8) is 0 Å². The van der Waals surface area contributed by atoms with Crippen LogP contribution >= 0.6 is 0 Å². The zero-order valence-electron chi connectivity index (χ0n) is 23.5. The van der Waals surface area contributed by atoms with Crippen molar-refractivity contribution >= 4 is 23.5 Å². The van der Waals surface area contributed by atoms with Crippen molar-refractivity contribution in [1.82, 2.24) is 0 Å². The summed E-state index contributed by atoms with van der Waals surface area (Å²) in [6, 6.07) is 12.8. The summed E-state index contributed by atoms with van der Waals surface area (Å²) < 4.78 is 16.8. The number of methoxy groups -OCH3 is 1. The van der Waals surface area contributed by atoms with Gasteiger partial charge in [-0.1, -0.05) is 38.0 Å². The Hall–Kier alpha value is -3.35. The number of esters is 2. The molecule has 1 amide bonds. The highest BCUT2D eigenvalue weighted by Crippen LogP contribution is 2.48. The van der Waals surface area contributed by atoms with E-state index in [0.29, 0.717) is 35.6 Å². The number of amides is 1. The van der Waals surface area contributed by atoms with Crippen molar-refractivity contribution in [3.05, 3.63) is 53.6 Å². The predicted molar refractivity (Wildman–Crippen MR) is 148 cm³/mol. The van der Waals surface area contributed by atoms with Crippen LogP contribution in [0.5, 0.6) is 11.5 Å².